The Morgan fingerprint density at radius 3 is 2.59 bits per heavy atom. The standard InChI is InChI=1S/C15H16O7/c16-9-6-12(19)15(21)13(7-9)22-14(20)4-2-8-1-3-10(17)11(18)5-8/h1-6,12-13,15-19,21H,7H2. The van der Waals surface area contributed by atoms with Crippen molar-refractivity contribution in [2.45, 2.75) is 24.7 Å². The summed E-state index contributed by atoms with van der Waals surface area (Å²) in [6.07, 6.45) is -0.244. The van der Waals surface area contributed by atoms with Crippen molar-refractivity contribution >= 4 is 12.0 Å². The number of aromatic hydroxyl groups is 2. The van der Waals surface area contributed by atoms with E-state index < -0.39 is 24.3 Å². The number of hydrogen-bond acceptors (Lipinski definition) is 7. The van der Waals surface area contributed by atoms with Gasteiger partial charge in [-0.05, 0) is 29.8 Å². The lowest BCUT2D eigenvalue weighted by Gasteiger charge is -2.28. The lowest BCUT2D eigenvalue weighted by Crippen LogP contribution is -2.42. The van der Waals surface area contributed by atoms with E-state index >= 15 is 0 Å². The maximum atomic E-state index is 11.7. The minimum Gasteiger partial charge on any atom is -0.512 e. The van der Waals surface area contributed by atoms with Crippen LogP contribution in [0.2, 0.25) is 0 Å². The van der Waals surface area contributed by atoms with Gasteiger partial charge in [-0.25, -0.2) is 4.79 Å². The molecule has 0 fully saturated rings. The summed E-state index contributed by atoms with van der Waals surface area (Å²) in [5.41, 5.74) is 0.458. The predicted octanol–water partition coefficient (Wildman–Crippen LogP) is 0.590. The molecule has 0 amide bonds. The molecule has 118 valence electrons. The van der Waals surface area contributed by atoms with E-state index in [0.717, 1.165) is 12.2 Å². The fourth-order valence-corrected chi connectivity index (χ4v) is 2.02. The van der Waals surface area contributed by atoms with Crippen LogP contribution in [0, 0.1) is 0 Å². The number of ether oxygens (including phenoxy) is 1. The molecule has 0 bridgehead atoms. The molecule has 1 aromatic rings. The fraction of sp³-hybridized carbons (Fsp3) is 0.267. The van der Waals surface area contributed by atoms with Gasteiger partial charge in [0.2, 0.25) is 0 Å². The molecule has 0 spiro atoms. The van der Waals surface area contributed by atoms with Crippen LogP contribution >= 0.6 is 0 Å². The van der Waals surface area contributed by atoms with Crippen molar-refractivity contribution in [2.75, 3.05) is 0 Å². The summed E-state index contributed by atoms with van der Waals surface area (Å²) in [5.74, 6) is -1.54. The number of rotatable bonds is 3. The summed E-state index contributed by atoms with van der Waals surface area (Å²) in [6, 6.07) is 4.00. The highest BCUT2D eigenvalue weighted by atomic mass is 16.6. The van der Waals surface area contributed by atoms with E-state index in [2.05, 4.69) is 0 Å². The normalized spacial score (nSPS) is 25.0. The third-order valence-corrected chi connectivity index (χ3v) is 3.18. The molecule has 1 aliphatic rings. The third-order valence-electron chi connectivity index (χ3n) is 3.18. The molecule has 5 N–H and O–H groups in total. The minimum absolute atomic E-state index is 0.0855. The van der Waals surface area contributed by atoms with Gasteiger partial charge in [0.15, 0.2) is 11.5 Å². The highest BCUT2D eigenvalue weighted by Gasteiger charge is 2.33. The first-order valence-corrected chi connectivity index (χ1v) is 6.53. The van der Waals surface area contributed by atoms with Crippen LogP contribution in [0.15, 0.2) is 36.1 Å². The topological polar surface area (TPSA) is 127 Å². The Kier molecular flexibility index (Phi) is 4.69. The van der Waals surface area contributed by atoms with E-state index in [1.807, 2.05) is 0 Å². The third kappa shape index (κ3) is 3.78. The quantitative estimate of drug-likeness (QED) is 0.314. The number of carbonyl (C=O) groups is 1. The zero-order valence-corrected chi connectivity index (χ0v) is 11.5. The summed E-state index contributed by atoms with van der Waals surface area (Å²) in [5, 5.41) is 47.0. The molecule has 22 heavy (non-hydrogen) atoms. The van der Waals surface area contributed by atoms with Crippen molar-refractivity contribution in [3.63, 3.8) is 0 Å². The van der Waals surface area contributed by atoms with Crippen LogP contribution < -0.4 is 0 Å². The molecule has 3 atom stereocenters. The Morgan fingerprint density at radius 1 is 1.18 bits per heavy atom. The zero-order chi connectivity index (χ0) is 16.3. The van der Waals surface area contributed by atoms with Crippen LogP contribution in [0.25, 0.3) is 6.08 Å². The molecular weight excluding hydrogens is 292 g/mol. The van der Waals surface area contributed by atoms with Crippen molar-refractivity contribution in [1.82, 2.24) is 0 Å². The maximum absolute atomic E-state index is 11.7. The molecule has 2 rings (SSSR count). The number of aliphatic hydroxyl groups excluding tert-OH is 3. The van der Waals surface area contributed by atoms with Gasteiger partial charge in [0.25, 0.3) is 0 Å². The zero-order valence-electron chi connectivity index (χ0n) is 11.5. The number of carbonyl (C=O) groups excluding carboxylic acids is 1. The van der Waals surface area contributed by atoms with Gasteiger partial charge in [0.1, 0.15) is 18.3 Å². The van der Waals surface area contributed by atoms with Crippen LogP contribution in [0.5, 0.6) is 11.5 Å². The van der Waals surface area contributed by atoms with Gasteiger partial charge in [-0.1, -0.05) is 6.07 Å². The number of esters is 1. The first-order valence-electron chi connectivity index (χ1n) is 6.53. The highest BCUT2D eigenvalue weighted by Crippen LogP contribution is 2.25. The second-order valence-corrected chi connectivity index (χ2v) is 4.90. The van der Waals surface area contributed by atoms with Crippen LogP contribution in [0.1, 0.15) is 12.0 Å². The molecule has 1 aliphatic carbocycles. The van der Waals surface area contributed by atoms with E-state index in [-0.39, 0.29) is 23.7 Å². The van der Waals surface area contributed by atoms with Gasteiger partial charge < -0.3 is 30.3 Å². The van der Waals surface area contributed by atoms with Crippen molar-refractivity contribution in [3.8, 4) is 11.5 Å². The molecule has 7 heteroatoms. The van der Waals surface area contributed by atoms with Crippen molar-refractivity contribution < 1.29 is 35.1 Å². The number of benzene rings is 1. The molecule has 7 nitrogen and oxygen atoms in total. The van der Waals surface area contributed by atoms with Gasteiger partial charge in [0.05, 0.1) is 5.76 Å². The van der Waals surface area contributed by atoms with Crippen molar-refractivity contribution in [2.24, 2.45) is 0 Å². The highest BCUT2D eigenvalue weighted by molar-refractivity contribution is 5.87. The Labute approximate surface area is 126 Å². The monoisotopic (exact) mass is 308 g/mol. The summed E-state index contributed by atoms with van der Waals surface area (Å²) in [7, 11) is 0. The Hall–Kier alpha value is -2.51. The van der Waals surface area contributed by atoms with Gasteiger partial charge in [-0.2, -0.15) is 0 Å². The Bertz CT molecular complexity index is 620. The van der Waals surface area contributed by atoms with E-state index in [1.54, 1.807) is 0 Å². The molecular formula is C15H16O7. The van der Waals surface area contributed by atoms with Crippen LogP contribution in [-0.4, -0.2) is 49.8 Å². The van der Waals surface area contributed by atoms with E-state index in [0.29, 0.717) is 5.56 Å². The second-order valence-electron chi connectivity index (χ2n) is 4.90. The maximum Gasteiger partial charge on any atom is 0.331 e. The molecule has 1 aromatic carbocycles. The van der Waals surface area contributed by atoms with E-state index in [1.165, 1.54) is 24.3 Å². The van der Waals surface area contributed by atoms with Crippen molar-refractivity contribution in [1.29, 1.82) is 0 Å². The minimum atomic E-state index is -1.31. The molecule has 0 saturated heterocycles. The largest absolute Gasteiger partial charge is 0.512 e. The Balaban J connectivity index is 1.99. The van der Waals surface area contributed by atoms with Gasteiger partial charge in [-0.3, -0.25) is 0 Å². The first-order chi connectivity index (χ1) is 10.4. The molecule has 0 saturated carbocycles. The lowest BCUT2D eigenvalue weighted by molar-refractivity contribution is -0.154. The summed E-state index contributed by atoms with van der Waals surface area (Å²) in [6.45, 7) is 0. The smallest absolute Gasteiger partial charge is 0.331 e. The summed E-state index contributed by atoms with van der Waals surface area (Å²) >= 11 is 0. The average Bonchev–Trinajstić information content (AvgIpc) is 2.45. The molecule has 0 radical (unpaired) electrons. The van der Waals surface area contributed by atoms with Crippen LogP contribution in [-0.2, 0) is 9.53 Å². The number of hydrogen-bond donors (Lipinski definition) is 5. The van der Waals surface area contributed by atoms with Gasteiger partial charge in [0, 0.05) is 12.5 Å². The molecule has 0 heterocycles. The van der Waals surface area contributed by atoms with Crippen molar-refractivity contribution in [3.05, 3.63) is 41.7 Å². The number of aliphatic hydroxyl groups is 3. The predicted molar refractivity (Wildman–Crippen MR) is 76.0 cm³/mol. The second kappa shape index (κ2) is 6.50. The van der Waals surface area contributed by atoms with E-state index in [9.17, 15) is 30.3 Å². The number of phenolic OH excluding ortho intramolecular Hbond substituents is 2. The summed E-state index contributed by atoms with van der Waals surface area (Å²) < 4.78 is 4.97. The molecule has 0 aromatic heterocycles. The first kappa shape index (κ1) is 15.9. The fourth-order valence-electron chi connectivity index (χ4n) is 2.02. The SMILES string of the molecule is O=C(C=Cc1ccc(O)c(O)c1)OC1CC(O)=CC(O)C1O. The van der Waals surface area contributed by atoms with Crippen LogP contribution in [0.3, 0.4) is 0 Å². The molecule has 3 unspecified atom stereocenters. The number of phenols is 2. The van der Waals surface area contributed by atoms with E-state index in [4.69, 9.17) is 4.74 Å². The summed E-state index contributed by atoms with van der Waals surface area (Å²) in [4.78, 5) is 11.7. The van der Waals surface area contributed by atoms with Gasteiger partial charge >= 0.3 is 5.97 Å². The lowest BCUT2D eigenvalue weighted by atomic mass is 9.97. The van der Waals surface area contributed by atoms with Crippen LogP contribution in [0.4, 0.5) is 0 Å². The Morgan fingerprint density at radius 2 is 1.91 bits per heavy atom. The average molecular weight is 308 g/mol. The van der Waals surface area contributed by atoms with Gasteiger partial charge in [-0.15, -0.1) is 0 Å². The molecule has 0 aliphatic heterocycles.